The number of hydrogen-bond donors (Lipinski definition) is 3. The Kier molecular flexibility index (Phi) is 4.32. The van der Waals surface area contributed by atoms with Crippen molar-refractivity contribution in [3.05, 3.63) is 59.4 Å². The molecule has 2 aromatic carbocycles. The SMILES string of the molecule is O=S(=O)(Nc1oc(-c2cc(Cl)ccc2F)c(O)c1O)c1ccccc1. The highest BCUT2D eigenvalue weighted by Crippen LogP contribution is 2.46. The van der Waals surface area contributed by atoms with Crippen LogP contribution in [0.5, 0.6) is 11.5 Å². The first-order chi connectivity index (χ1) is 11.8. The molecule has 3 rings (SSSR count). The van der Waals surface area contributed by atoms with Gasteiger partial charge < -0.3 is 14.6 Å². The molecule has 0 saturated heterocycles. The minimum Gasteiger partial charge on any atom is -0.502 e. The lowest BCUT2D eigenvalue weighted by atomic mass is 10.1. The summed E-state index contributed by atoms with van der Waals surface area (Å²) in [5, 5.41) is 20.1. The standard InChI is InChI=1S/C16H11ClFNO5S/c17-9-6-7-12(18)11(8-9)15-13(20)14(21)16(24-15)19-25(22,23)10-4-2-1-3-5-10/h1-8,19-21H. The molecule has 0 fully saturated rings. The zero-order valence-electron chi connectivity index (χ0n) is 12.4. The van der Waals surface area contributed by atoms with Gasteiger partial charge in [-0.25, -0.2) is 17.5 Å². The van der Waals surface area contributed by atoms with Crippen LogP contribution in [0.3, 0.4) is 0 Å². The molecule has 0 saturated carbocycles. The summed E-state index contributed by atoms with van der Waals surface area (Å²) in [5.41, 5.74) is -0.231. The largest absolute Gasteiger partial charge is 0.502 e. The molecule has 0 unspecified atom stereocenters. The topological polar surface area (TPSA) is 99.8 Å². The van der Waals surface area contributed by atoms with Gasteiger partial charge in [0.1, 0.15) is 5.82 Å². The summed E-state index contributed by atoms with van der Waals surface area (Å²) in [4.78, 5) is -0.0826. The third-order valence-corrected chi connectivity index (χ3v) is 4.89. The summed E-state index contributed by atoms with van der Waals surface area (Å²) in [6.45, 7) is 0. The highest BCUT2D eigenvalue weighted by atomic mass is 35.5. The molecule has 9 heteroatoms. The molecule has 25 heavy (non-hydrogen) atoms. The van der Waals surface area contributed by atoms with Crippen molar-refractivity contribution in [2.75, 3.05) is 4.72 Å². The molecule has 1 heterocycles. The maximum absolute atomic E-state index is 13.9. The first kappa shape index (κ1) is 17.1. The summed E-state index contributed by atoms with van der Waals surface area (Å²) < 4.78 is 45.6. The van der Waals surface area contributed by atoms with Gasteiger partial charge in [-0.1, -0.05) is 29.8 Å². The lowest BCUT2D eigenvalue weighted by molar-refractivity contribution is 0.410. The predicted molar refractivity (Wildman–Crippen MR) is 89.7 cm³/mol. The van der Waals surface area contributed by atoms with Crippen LogP contribution in [0, 0.1) is 5.82 Å². The maximum Gasteiger partial charge on any atom is 0.264 e. The van der Waals surface area contributed by atoms with E-state index in [1.54, 1.807) is 6.07 Å². The Bertz CT molecular complexity index is 1030. The van der Waals surface area contributed by atoms with E-state index >= 15 is 0 Å². The average molecular weight is 384 g/mol. The molecular weight excluding hydrogens is 373 g/mol. The van der Waals surface area contributed by atoms with Gasteiger partial charge in [0, 0.05) is 5.02 Å². The van der Waals surface area contributed by atoms with E-state index in [1.807, 2.05) is 4.72 Å². The lowest BCUT2D eigenvalue weighted by Crippen LogP contribution is -2.12. The third-order valence-electron chi connectivity index (χ3n) is 3.31. The Hall–Kier alpha value is -2.71. The Morgan fingerprint density at radius 2 is 1.72 bits per heavy atom. The van der Waals surface area contributed by atoms with Crippen LogP contribution in [0.15, 0.2) is 57.8 Å². The number of aromatic hydroxyl groups is 2. The number of benzene rings is 2. The Balaban J connectivity index is 2.04. The van der Waals surface area contributed by atoms with E-state index < -0.39 is 39.0 Å². The monoisotopic (exact) mass is 383 g/mol. The van der Waals surface area contributed by atoms with Crippen molar-refractivity contribution in [1.29, 1.82) is 0 Å². The zero-order chi connectivity index (χ0) is 18.2. The van der Waals surface area contributed by atoms with Gasteiger partial charge in [0.25, 0.3) is 15.9 Å². The van der Waals surface area contributed by atoms with Crippen LogP contribution in [0.25, 0.3) is 11.3 Å². The van der Waals surface area contributed by atoms with E-state index in [1.165, 1.54) is 36.4 Å². The fraction of sp³-hybridized carbons (Fsp3) is 0. The maximum atomic E-state index is 13.9. The summed E-state index contributed by atoms with van der Waals surface area (Å²) in [5.74, 6) is -3.55. The molecule has 0 amide bonds. The predicted octanol–water partition coefficient (Wildman–Crippen LogP) is 3.95. The molecule has 130 valence electrons. The van der Waals surface area contributed by atoms with Crippen LogP contribution in [0.2, 0.25) is 5.02 Å². The molecule has 3 aromatic rings. The van der Waals surface area contributed by atoms with Gasteiger partial charge in [-0.3, -0.25) is 0 Å². The highest BCUT2D eigenvalue weighted by Gasteiger charge is 2.26. The van der Waals surface area contributed by atoms with Gasteiger partial charge in [-0.2, -0.15) is 0 Å². The van der Waals surface area contributed by atoms with Crippen LogP contribution in [-0.4, -0.2) is 18.6 Å². The fourth-order valence-corrected chi connectivity index (χ4v) is 3.31. The van der Waals surface area contributed by atoms with E-state index in [2.05, 4.69) is 0 Å². The van der Waals surface area contributed by atoms with Crippen LogP contribution in [0.1, 0.15) is 0 Å². The zero-order valence-corrected chi connectivity index (χ0v) is 14.0. The molecule has 0 aliphatic carbocycles. The second-order valence-corrected chi connectivity index (χ2v) is 7.12. The van der Waals surface area contributed by atoms with Crippen molar-refractivity contribution in [3.8, 4) is 22.8 Å². The number of rotatable bonds is 4. The number of hydrogen-bond acceptors (Lipinski definition) is 5. The molecule has 0 bridgehead atoms. The lowest BCUT2D eigenvalue weighted by Gasteiger charge is -2.05. The quantitative estimate of drug-likeness (QED) is 0.633. The van der Waals surface area contributed by atoms with Crippen LogP contribution >= 0.6 is 11.6 Å². The Morgan fingerprint density at radius 1 is 1.04 bits per heavy atom. The second-order valence-electron chi connectivity index (χ2n) is 5.00. The van der Waals surface area contributed by atoms with Crippen molar-refractivity contribution in [1.82, 2.24) is 0 Å². The van der Waals surface area contributed by atoms with E-state index in [-0.39, 0.29) is 15.5 Å². The molecule has 6 nitrogen and oxygen atoms in total. The van der Waals surface area contributed by atoms with Gasteiger partial charge in [-0.05, 0) is 30.3 Å². The Labute approximate surface area is 147 Å². The molecule has 0 aliphatic heterocycles. The van der Waals surface area contributed by atoms with Crippen molar-refractivity contribution in [2.24, 2.45) is 0 Å². The summed E-state index contributed by atoms with van der Waals surface area (Å²) >= 11 is 5.79. The first-order valence-corrected chi connectivity index (χ1v) is 8.73. The minimum atomic E-state index is -4.07. The van der Waals surface area contributed by atoms with Gasteiger partial charge in [-0.15, -0.1) is 0 Å². The molecule has 1 aromatic heterocycles. The molecule has 3 N–H and O–H groups in total. The van der Waals surface area contributed by atoms with Crippen molar-refractivity contribution < 1.29 is 27.4 Å². The number of furan rings is 1. The normalized spacial score (nSPS) is 11.4. The number of halogens is 2. The molecule has 0 spiro atoms. The minimum absolute atomic E-state index is 0.0826. The van der Waals surface area contributed by atoms with E-state index in [4.69, 9.17) is 16.0 Å². The number of nitrogens with one attached hydrogen (secondary N) is 1. The van der Waals surface area contributed by atoms with E-state index in [0.29, 0.717) is 0 Å². The van der Waals surface area contributed by atoms with Crippen LogP contribution in [-0.2, 0) is 10.0 Å². The van der Waals surface area contributed by atoms with E-state index in [0.717, 1.165) is 6.07 Å². The number of sulfonamides is 1. The highest BCUT2D eigenvalue weighted by molar-refractivity contribution is 7.92. The summed E-state index contributed by atoms with van der Waals surface area (Å²) in [6, 6.07) is 10.8. The molecule has 0 aliphatic rings. The summed E-state index contributed by atoms with van der Waals surface area (Å²) in [7, 11) is -4.07. The van der Waals surface area contributed by atoms with Crippen molar-refractivity contribution in [3.63, 3.8) is 0 Å². The van der Waals surface area contributed by atoms with Crippen LogP contribution in [0.4, 0.5) is 10.3 Å². The fourth-order valence-electron chi connectivity index (χ4n) is 2.12. The van der Waals surface area contributed by atoms with Crippen LogP contribution < -0.4 is 4.72 Å². The molecule has 0 atom stereocenters. The smallest absolute Gasteiger partial charge is 0.264 e. The summed E-state index contributed by atoms with van der Waals surface area (Å²) in [6.07, 6.45) is 0. The first-order valence-electron chi connectivity index (χ1n) is 6.87. The molecule has 0 radical (unpaired) electrons. The van der Waals surface area contributed by atoms with E-state index in [9.17, 15) is 23.0 Å². The van der Waals surface area contributed by atoms with Gasteiger partial charge in [0.15, 0.2) is 5.76 Å². The van der Waals surface area contributed by atoms with Gasteiger partial charge in [0.2, 0.25) is 11.5 Å². The number of anilines is 1. The second kappa shape index (κ2) is 6.30. The Morgan fingerprint density at radius 3 is 2.40 bits per heavy atom. The van der Waals surface area contributed by atoms with Crippen molar-refractivity contribution in [2.45, 2.75) is 4.90 Å². The van der Waals surface area contributed by atoms with Gasteiger partial charge in [0.05, 0.1) is 10.5 Å². The molecular formula is C16H11ClFNO5S. The average Bonchev–Trinajstić information content (AvgIpc) is 2.86. The van der Waals surface area contributed by atoms with Gasteiger partial charge >= 0.3 is 0 Å². The van der Waals surface area contributed by atoms with Crippen molar-refractivity contribution >= 4 is 27.5 Å². The third kappa shape index (κ3) is 3.26.